The van der Waals surface area contributed by atoms with E-state index >= 15 is 0 Å². The van der Waals surface area contributed by atoms with Crippen LogP contribution in [0, 0.1) is 0 Å². The SMILES string of the molecule is C[C@@H](O)[C@H](NC(=O)[C@H](CCCCN)NC(=O)[C@@H](Cc1c[nH]c2ccccc12)NC(=O)[C@H](Cc1ccc(O)cc1)NC(=O)[C@H](Cc1ccc(Cl)cc1)NC(=O)[C@H](N)Cc1ccccc1)C(=O)N[C@@H](CS)C(=O)NCCCC[C@H](N)C(=O)NCC(=O)N[C@@H](CS)C(N)=O. The number of fused-ring (bicyclic) bond motifs is 1. The van der Waals surface area contributed by atoms with Gasteiger partial charge in [0.15, 0.2) is 0 Å². The van der Waals surface area contributed by atoms with Crippen molar-refractivity contribution in [3.8, 4) is 5.75 Å². The van der Waals surface area contributed by atoms with Crippen LogP contribution < -0.4 is 70.8 Å². The number of carbonyl (C=O) groups is 10. The number of aliphatic hydroxyl groups is 1. The van der Waals surface area contributed by atoms with Gasteiger partial charge in [-0.1, -0.05) is 84.4 Å². The average molecular weight is 1320 g/mol. The second kappa shape index (κ2) is 37.8. The van der Waals surface area contributed by atoms with Gasteiger partial charge in [0.2, 0.25) is 59.1 Å². The van der Waals surface area contributed by atoms with E-state index in [4.69, 9.17) is 34.5 Å². The maximum atomic E-state index is 15.0. The average Bonchev–Trinajstić information content (AvgIpc) is 1.89. The molecule has 0 saturated heterocycles. The van der Waals surface area contributed by atoms with E-state index in [1.807, 2.05) is 36.4 Å². The van der Waals surface area contributed by atoms with Gasteiger partial charge in [-0.25, -0.2) is 0 Å². The number of nitrogens with one attached hydrogen (secondary N) is 10. The van der Waals surface area contributed by atoms with Gasteiger partial charge in [-0.2, -0.15) is 25.3 Å². The zero-order chi connectivity index (χ0) is 66.6. The molecule has 4 aromatic carbocycles. The zero-order valence-electron chi connectivity index (χ0n) is 50.3. The number of phenolic OH excluding ortho intramolecular Hbond substituents is 1. The first-order valence-corrected chi connectivity index (χ1v) is 31.3. The number of hydrogen-bond acceptors (Lipinski definition) is 17. The van der Waals surface area contributed by atoms with Gasteiger partial charge in [0.1, 0.15) is 48.0 Å². The third-order valence-corrected chi connectivity index (χ3v) is 15.7. The summed E-state index contributed by atoms with van der Waals surface area (Å²) in [6.45, 7) is 1.08. The van der Waals surface area contributed by atoms with Crippen LogP contribution in [-0.4, -0.2) is 166 Å². The van der Waals surface area contributed by atoms with Crippen molar-refractivity contribution in [1.29, 1.82) is 0 Å². The van der Waals surface area contributed by atoms with Gasteiger partial charge in [-0.3, -0.25) is 47.9 Å². The Morgan fingerprint density at radius 1 is 0.527 bits per heavy atom. The molecule has 5 aromatic rings. The summed E-state index contributed by atoms with van der Waals surface area (Å²) in [6, 6.07) is 17.1. The highest BCUT2D eigenvalue weighted by molar-refractivity contribution is 7.80. The van der Waals surface area contributed by atoms with E-state index in [0.717, 1.165) is 5.56 Å². The number of unbranched alkanes of at least 4 members (excludes halogenated alkanes) is 2. The number of aromatic nitrogens is 1. The molecule has 1 aromatic heterocycles. The number of halogens is 1. The minimum Gasteiger partial charge on any atom is -0.508 e. The summed E-state index contributed by atoms with van der Waals surface area (Å²) < 4.78 is 0. The van der Waals surface area contributed by atoms with Crippen molar-refractivity contribution in [3.63, 3.8) is 0 Å². The summed E-state index contributed by atoms with van der Waals surface area (Å²) in [4.78, 5) is 139. The fourth-order valence-electron chi connectivity index (χ4n) is 9.51. The standard InChI is InChI=1S/C62H83ClN14O12S2/c1-35(78)53(62(89)76-51(34-91)57(84)68-26-10-8-14-43(65)55(82)70-32-52(80)71-50(33-90)54(67)81)77-58(85)46(16-7-9-25-64)72-61(88)49(30-39-31-69-45-15-6-5-13-42(39)45)75-60(87)48(29-38-19-23-41(79)24-20-38)74-59(86)47(28-37-17-21-40(63)22-18-37)73-56(83)44(66)27-36-11-3-2-4-12-36/h2-6,11-13,15,17-24,31,35,43-44,46-51,53,69,78-79,90-91H,7-10,14,16,25-30,32-34,64-66H2,1H3,(H2,67,81)(H,68,84)(H,70,82)(H,71,80)(H,72,88)(H,73,83)(H,74,86)(H,75,87)(H,76,89)(H,77,85)/t35-,43+,44-,46+,47+,48+,49-,50+,51+,53+/m1/s1. The number of H-pyrrole nitrogens is 1. The van der Waals surface area contributed by atoms with Crippen LogP contribution in [0.15, 0.2) is 109 Å². The number of aromatic hydroxyl groups is 1. The summed E-state index contributed by atoms with van der Waals surface area (Å²) in [6.07, 6.45) is 1.41. The molecular formula is C62H83ClN14O12S2. The monoisotopic (exact) mass is 1310 g/mol. The van der Waals surface area contributed by atoms with E-state index in [2.05, 4.69) is 78.1 Å². The number of aromatic amines is 1. The fourth-order valence-corrected chi connectivity index (χ4v) is 10.2. The first kappa shape index (κ1) is 73.5. The van der Waals surface area contributed by atoms with Gasteiger partial charge in [0.05, 0.1) is 24.7 Å². The Bertz CT molecular complexity index is 3240. The molecule has 0 spiro atoms. The van der Waals surface area contributed by atoms with Crippen LogP contribution in [0.25, 0.3) is 10.9 Å². The number of rotatable bonds is 38. The smallest absolute Gasteiger partial charge is 0.245 e. The lowest BCUT2D eigenvalue weighted by Gasteiger charge is -2.28. The van der Waals surface area contributed by atoms with Crippen molar-refractivity contribution in [2.24, 2.45) is 22.9 Å². The normalized spacial score (nSPS) is 14.5. The Morgan fingerprint density at radius 3 is 1.65 bits per heavy atom. The van der Waals surface area contributed by atoms with Crippen molar-refractivity contribution >= 4 is 107 Å². The molecule has 1 heterocycles. The van der Waals surface area contributed by atoms with Gasteiger partial charge in [-0.15, -0.1) is 0 Å². The number of para-hydroxylation sites is 1. The number of thiol groups is 2. The third kappa shape index (κ3) is 24.5. The Hall–Kier alpha value is -8.25. The highest BCUT2D eigenvalue weighted by Crippen LogP contribution is 2.21. The van der Waals surface area contributed by atoms with E-state index in [0.29, 0.717) is 58.3 Å². The van der Waals surface area contributed by atoms with Crippen LogP contribution in [0.1, 0.15) is 67.7 Å². The van der Waals surface area contributed by atoms with Gasteiger partial charge < -0.3 is 86.0 Å². The number of phenols is 1. The van der Waals surface area contributed by atoms with Crippen LogP contribution in [0.5, 0.6) is 5.75 Å². The molecule has 0 fully saturated rings. The molecule has 492 valence electrons. The van der Waals surface area contributed by atoms with Crippen LogP contribution in [0.3, 0.4) is 0 Å². The maximum Gasteiger partial charge on any atom is 0.245 e. The van der Waals surface area contributed by atoms with Crippen molar-refractivity contribution in [2.45, 2.75) is 132 Å². The van der Waals surface area contributed by atoms with Gasteiger partial charge in [-0.05, 0) is 111 Å². The highest BCUT2D eigenvalue weighted by Gasteiger charge is 2.36. The molecule has 91 heavy (non-hydrogen) atoms. The molecule has 0 saturated carbocycles. The number of benzene rings is 4. The van der Waals surface area contributed by atoms with Crippen molar-refractivity contribution in [3.05, 3.63) is 137 Å². The molecule has 0 aliphatic heterocycles. The summed E-state index contributed by atoms with van der Waals surface area (Å²) in [5.74, 6) is -8.09. The van der Waals surface area contributed by atoms with Gasteiger partial charge in [0, 0.05) is 59.4 Å². The molecule has 0 radical (unpaired) electrons. The zero-order valence-corrected chi connectivity index (χ0v) is 52.9. The van der Waals surface area contributed by atoms with Crippen LogP contribution in [0.4, 0.5) is 0 Å². The molecule has 0 aliphatic carbocycles. The van der Waals surface area contributed by atoms with Crippen LogP contribution in [0.2, 0.25) is 5.02 Å². The van der Waals surface area contributed by atoms with Gasteiger partial charge in [0.25, 0.3) is 0 Å². The molecule has 10 atom stereocenters. The number of amides is 10. The molecule has 26 nitrogen and oxygen atoms in total. The molecule has 0 bridgehead atoms. The lowest BCUT2D eigenvalue weighted by Crippen LogP contribution is -2.62. The molecule has 0 aliphatic rings. The van der Waals surface area contributed by atoms with Crippen LogP contribution >= 0.6 is 36.9 Å². The van der Waals surface area contributed by atoms with Gasteiger partial charge >= 0.3 is 0 Å². The summed E-state index contributed by atoms with van der Waals surface area (Å²) in [5.41, 5.74) is 26.6. The molecule has 5 rings (SSSR count). The Kier molecular flexibility index (Phi) is 30.5. The number of primary amides is 1. The number of aliphatic hydroxyl groups excluding tert-OH is 1. The van der Waals surface area contributed by atoms with E-state index in [1.165, 1.54) is 19.1 Å². The maximum absolute atomic E-state index is 15.0. The van der Waals surface area contributed by atoms with Crippen LogP contribution in [-0.2, 0) is 73.6 Å². The van der Waals surface area contributed by atoms with Crippen molar-refractivity contribution < 1.29 is 58.2 Å². The minimum absolute atomic E-state index is 0.0319. The lowest BCUT2D eigenvalue weighted by molar-refractivity contribution is -0.136. The number of nitrogens with two attached hydrogens (primary N) is 4. The second-order valence-corrected chi connectivity index (χ2v) is 23.0. The quantitative estimate of drug-likeness (QED) is 0.0168. The fraction of sp³-hybridized carbons (Fsp3) is 0.419. The van der Waals surface area contributed by atoms with E-state index in [9.17, 15) is 58.2 Å². The predicted molar refractivity (Wildman–Crippen MR) is 350 cm³/mol. The summed E-state index contributed by atoms with van der Waals surface area (Å²) in [5, 5.41) is 45.8. The van der Waals surface area contributed by atoms with Crippen molar-refractivity contribution in [2.75, 3.05) is 31.1 Å². The largest absolute Gasteiger partial charge is 0.508 e. The molecule has 10 amide bonds. The Morgan fingerprint density at radius 2 is 1.05 bits per heavy atom. The predicted octanol–water partition coefficient (Wildman–Crippen LogP) is -0.897. The molecule has 29 heteroatoms. The number of carbonyl (C=O) groups excluding carboxylic acids is 10. The number of hydrogen-bond donors (Lipinski definition) is 18. The topological polar surface area (TPSA) is 439 Å². The first-order chi connectivity index (χ1) is 43.5. The second-order valence-electron chi connectivity index (χ2n) is 21.9. The van der Waals surface area contributed by atoms with E-state index in [-0.39, 0.29) is 68.9 Å². The van der Waals surface area contributed by atoms with E-state index < -0.39 is 126 Å². The highest BCUT2D eigenvalue weighted by atomic mass is 35.5. The van der Waals surface area contributed by atoms with Crippen molar-refractivity contribution in [1.82, 2.24) is 52.8 Å². The summed E-state index contributed by atoms with van der Waals surface area (Å²) >= 11 is 14.4. The summed E-state index contributed by atoms with van der Waals surface area (Å²) in [7, 11) is 0. The third-order valence-electron chi connectivity index (χ3n) is 14.7. The minimum atomic E-state index is -1.68. The molecule has 0 unspecified atom stereocenters. The molecular weight excluding hydrogens is 1230 g/mol. The van der Waals surface area contributed by atoms with E-state index in [1.54, 1.807) is 60.8 Å². The first-order valence-electron chi connectivity index (χ1n) is 29.7. The Labute approximate surface area is 543 Å². The lowest BCUT2D eigenvalue weighted by atomic mass is 10.00. The Balaban J connectivity index is 1.32. The molecule has 20 N–H and O–H groups in total.